The quantitative estimate of drug-likeness (QED) is 0.446. The third-order valence-electron chi connectivity index (χ3n) is 4.96. The minimum Gasteiger partial charge on any atom is -0.493 e. The van der Waals surface area contributed by atoms with Crippen LogP contribution in [-0.2, 0) is 0 Å². The van der Waals surface area contributed by atoms with Gasteiger partial charge in [0.05, 0.1) is 40.2 Å². The molecule has 1 aromatic carbocycles. The van der Waals surface area contributed by atoms with E-state index in [9.17, 15) is 4.79 Å². The molecule has 9 heteroatoms. The third kappa shape index (κ3) is 3.91. The van der Waals surface area contributed by atoms with E-state index in [4.69, 9.17) is 32.7 Å². The Balaban J connectivity index is 1.90. The summed E-state index contributed by atoms with van der Waals surface area (Å²) in [6, 6.07) is 3.67. The van der Waals surface area contributed by atoms with Gasteiger partial charge < -0.3 is 19.8 Å². The normalized spacial score (nSPS) is 14.3. The molecule has 2 aromatic heterocycles. The van der Waals surface area contributed by atoms with Gasteiger partial charge in [-0.2, -0.15) is 0 Å². The van der Waals surface area contributed by atoms with E-state index in [1.165, 1.54) is 12.4 Å². The van der Waals surface area contributed by atoms with E-state index in [-0.39, 0.29) is 11.7 Å². The summed E-state index contributed by atoms with van der Waals surface area (Å²) in [4.78, 5) is 19.6. The second kappa shape index (κ2) is 8.42. The molecular formula is C20H18BrCl2N3O3. The Labute approximate surface area is 185 Å². The molecule has 152 valence electrons. The standard InChI is InChI=1S/C20H18BrCl2N3O3/c1-28-14-7-6-11-16(25-18-12(22)8-24-9-13(18)23)15(21)20(27)26-17(11)19(14)29-10-4-2-3-5-10/h6-10H,2-5H2,1H3,(H2,24,25,26,27). The predicted octanol–water partition coefficient (Wildman–Crippen LogP) is 6.07. The van der Waals surface area contributed by atoms with Crippen LogP contribution in [0.1, 0.15) is 25.7 Å². The summed E-state index contributed by atoms with van der Waals surface area (Å²) in [7, 11) is 1.58. The number of anilines is 2. The molecule has 1 aliphatic carbocycles. The molecule has 0 saturated heterocycles. The fourth-order valence-electron chi connectivity index (χ4n) is 3.52. The zero-order valence-electron chi connectivity index (χ0n) is 15.5. The molecule has 0 spiro atoms. The number of pyridine rings is 2. The molecule has 4 rings (SSSR count). The first kappa shape index (κ1) is 20.3. The highest BCUT2D eigenvalue weighted by molar-refractivity contribution is 9.10. The van der Waals surface area contributed by atoms with Crippen molar-refractivity contribution in [1.29, 1.82) is 0 Å². The Morgan fingerprint density at radius 3 is 2.52 bits per heavy atom. The fourth-order valence-corrected chi connectivity index (χ4v) is 4.40. The number of halogens is 3. The predicted molar refractivity (Wildman–Crippen MR) is 119 cm³/mol. The van der Waals surface area contributed by atoms with Crippen molar-refractivity contribution in [2.24, 2.45) is 0 Å². The van der Waals surface area contributed by atoms with E-state index in [1.807, 2.05) is 12.1 Å². The van der Waals surface area contributed by atoms with Crippen LogP contribution in [0.15, 0.2) is 33.8 Å². The van der Waals surface area contributed by atoms with Gasteiger partial charge in [0.25, 0.3) is 5.56 Å². The number of aromatic amines is 1. The zero-order valence-corrected chi connectivity index (χ0v) is 18.6. The van der Waals surface area contributed by atoms with Crippen LogP contribution in [0.4, 0.5) is 11.4 Å². The number of hydrogen-bond donors (Lipinski definition) is 2. The summed E-state index contributed by atoms with van der Waals surface area (Å²) < 4.78 is 12.1. The number of nitrogens with zero attached hydrogens (tertiary/aromatic N) is 1. The van der Waals surface area contributed by atoms with Gasteiger partial charge in [-0.15, -0.1) is 0 Å². The van der Waals surface area contributed by atoms with Crippen LogP contribution in [0.25, 0.3) is 10.9 Å². The maximum absolute atomic E-state index is 12.7. The van der Waals surface area contributed by atoms with Crippen molar-refractivity contribution in [3.05, 3.63) is 49.4 Å². The molecule has 0 aliphatic heterocycles. The van der Waals surface area contributed by atoms with Gasteiger partial charge in [-0.1, -0.05) is 23.2 Å². The molecule has 6 nitrogen and oxygen atoms in total. The highest BCUT2D eigenvalue weighted by Crippen LogP contribution is 2.42. The summed E-state index contributed by atoms with van der Waals surface area (Å²) in [6.07, 6.45) is 7.29. The first-order valence-corrected chi connectivity index (χ1v) is 10.7. The smallest absolute Gasteiger partial charge is 0.264 e. The van der Waals surface area contributed by atoms with Gasteiger partial charge in [0.1, 0.15) is 4.47 Å². The average Bonchev–Trinajstić information content (AvgIpc) is 3.21. The van der Waals surface area contributed by atoms with Gasteiger partial charge >= 0.3 is 0 Å². The molecule has 2 N–H and O–H groups in total. The number of methoxy groups -OCH3 is 1. The van der Waals surface area contributed by atoms with Crippen molar-refractivity contribution in [1.82, 2.24) is 9.97 Å². The highest BCUT2D eigenvalue weighted by Gasteiger charge is 2.23. The van der Waals surface area contributed by atoms with E-state index in [1.54, 1.807) is 7.11 Å². The lowest BCUT2D eigenvalue weighted by Crippen LogP contribution is -2.15. The fraction of sp³-hybridized carbons (Fsp3) is 0.300. The SMILES string of the molecule is COc1ccc2c(Nc3c(Cl)cncc3Cl)c(Br)c(=O)[nH]c2c1OC1CCCC1. The summed E-state index contributed by atoms with van der Waals surface area (Å²) in [5.41, 5.74) is 1.22. The minimum absolute atomic E-state index is 0.0992. The van der Waals surface area contributed by atoms with Gasteiger partial charge in [-0.25, -0.2) is 0 Å². The van der Waals surface area contributed by atoms with E-state index in [0.717, 1.165) is 31.1 Å². The Kier molecular flexibility index (Phi) is 5.90. The number of nitrogens with one attached hydrogen (secondary N) is 2. The Hall–Kier alpha value is -1.96. The Morgan fingerprint density at radius 2 is 1.86 bits per heavy atom. The van der Waals surface area contributed by atoms with Gasteiger partial charge in [0.2, 0.25) is 0 Å². The first-order valence-electron chi connectivity index (χ1n) is 9.14. The van der Waals surface area contributed by atoms with Crippen molar-refractivity contribution in [3.63, 3.8) is 0 Å². The molecule has 0 amide bonds. The van der Waals surface area contributed by atoms with Crippen LogP contribution >= 0.6 is 39.1 Å². The number of benzene rings is 1. The maximum atomic E-state index is 12.7. The molecule has 1 aliphatic rings. The second-order valence-electron chi connectivity index (χ2n) is 6.79. The molecule has 29 heavy (non-hydrogen) atoms. The van der Waals surface area contributed by atoms with E-state index >= 15 is 0 Å². The number of hydrogen-bond acceptors (Lipinski definition) is 5. The van der Waals surface area contributed by atoms with Crippen molar-refractivity contribution in [3.8, 4) is 11.5 Å². The number of H-pyrrole nitrogens is 1. The number of aromatic nitrogens is 2. The van der Waals surface area contributed by atoms with Crippen LogP contribution in [0.2, 0.25) is 10.0 Å². The van der Waals surface area contributed by atoms with Crippen molar-refractivity contribution >= 4 is 61.4 Å². The van der Waals surface area contributed by atoms with E-state index in [0.29, 0.717) is 42.9 Å². The van der Waals surface area contributed by atoms with Crippen LogP contribution in [0.5, 0.6) is 11.5 Å². The molecule has 0 atom stereocenters. The molecule has 0 unspecified atom stereocenters. The maximum Gasteiger partial charge on any atom is 0.264 e. The van der Waals surface area contributed by atoms with Gasteiger partial charge in [0.15, 0.2) is 11.5 Å². The van der Waals surface area contributed by atoms with Gasteiger partial charge in [-0.3, -0.25) is 9.78 Å². The molecule has 3 aromatic rings. The molecular weight excluding hydrogens is 481 g/mol. The lowest BCUT2D eigenvalue weighted by atomic mass is 10.1. The van der Waals surface area contributed by atoms with Crippen molar-refractivity contribution in [2.75, 3.05) is 12.4 Å². The first-order chi connectivity index (χ1) is 14.0. The molecule has 1 fully saturated rings. The average molecular weight is 499 g/mol. The largest absolute Gasteiger partial charge is 0.493 e. The van der Waals surface area contributed by atoms with Crippen molar-refractivity contribution < 1.29 is 9.47 Å². The van der Waals surface area contributed by atoms with Crippen LogP contribution in [0.3, 0.4) is 0 Å². The van der Waals surface area contributed by atoms with Crippen LogP contribution in [0, 0.1) is 0 Å². The number of fused-ring (bicyclic) bond motifs is 1. The zero-order chi connectivity index (χ0) is 20.5. The number of rotatable bonds is 5. The van der Waals surface area contributed by atoms with Crippen LogP contribution < -0.4 is 20.3 Å². The summed E-state index contributed by atoms with van der Waals surface area (Å²) in [5, 5.41) is 4.60. The van der Waals surface area contributed by atoms with E-state index < -0.39 is 0 Å². The second-order valence-corrected chi connectivity index (χ2v) is 8.40. The Morgan fingerprint density at radius 1 is 1.17 bits per heavy atom. The molecule has 0 radical (unpaired) electrons. The summed E-state index contributed by atoms with van der Waals surface area (Å²) in [5.74, 6) is 1.09. The third-order valence-corrected chi connectivity index (χ3v) is 6.29. The summed E-state index contributed by atoms with van der Waals surface area (Å²) >= 11 is 15.9. The van der Waals surface area contributed by atoms with Gasteiger partial charge in [0, 0.05) is 17.8 Å². The lowest BCUT2D eigenvalue weighted by Gasteiger charge is -2.20. The monoisotopic (exact) mass is 497 g/mol. The molecule has 1 saturated carbocycles. The summed E-state index contributed by atoms with van der Waals surface area (Å²) in [6.45, 7) is 0. The van der Waals surface area contributed by atoms with Gasteiger partial charge in [-0.05, 0) is 53.7 Å². The van der Waals surface area contributed by atoms with Crippen molar-refractivity contribution in [2.45, 2.75) is 31.8 Å². The molecule has 2 heterocycles. The van der Waals surface area contributed by atoms with Crippen LogP contribution in [-0.4, -0.2) is 23.2 Å². The number of ether oxygens (including phenoxy) is 2. The topological polar surface area (TPSA) is 76.2 Å². The Bertz CT molecular complexity index is 1110. The lowest BCUT2D eigenvalue weighted by molar-refractivity contribution is 0.203. The highest BCUT2D eigenvalue weighted by atomic mass is 79.9. The van der Waals surface area contributed by atoms with E-state index in [2.05, 4.69) is 31.2 Å². The minimum atomic E-state index is -0.314. The molecule has 0 bridgehead atoms.